The standard InChI is InChI=1S/C21H30N4O2/c1-2-19-22-17-12-6-7-13-18(17)25(19)15-21(27)24-23-20(26)14-8-11-16-9-4-3-5-10-16/h6-7,12-13,16H,2-5,8-11,14-15H2,1H3,(H,23,26)(H,24,27). The molecule has 0 saturated heterocycles. The minimum absolute atomic E-state index is 0.120. The van der Waals surface area contributed by atoms with Crippen LogP contribution in [0.2, 0.25) is 0 Å². The molecule has 6 heteroatoms. The first-order valence-electron chi connectivity index (χ1n) is 10.2. The highest BCUT2D eigenvalue weighted by Crippen LogP contribution is 2.27. The molecule has 1 heterocycles. The smallest absolute Gasteiger partial charge is 0.258 e. The molecule has 2 aromatic rings. The van der Waals surface area contributed by atoms with Gasteiger partial charge in [0.25, 0.3) is 5.91 Å². The third-order valence-corrected chi connectivity index (χ3v) is 5.43. The van der Waals surface area contributed by atoms with Gasteiger partial charge < -0.3 is 4.57 Å². The number of imidazole rings is 1. The summed E-state index contributed by atoms with van der Waals surface area (Å²) in [6.07, 6.45) is 9.83. The molecule has 1 aromatic heterocycles. The summed E-state index contributed by atoms with van der Waals surface area (Å²) in [5.41, 5.74) is 6.90. The largest absolute Gasteiger partial charge is 0.318 e. The van der Waals surface area contributed by atoms with Crippen molar-refractivity contribution in [3.63, 3.8) is 0 Å². The average molecular weight is 370 g/mol. The molecule has 1 saturated carbocycles. The normalized spacial score (nSPS) is 15.0. The van der Waals surface area contributed by atoms with E-state index in [0.717, 1.165) is 42.0 Å². The van der Waals surface area contributed by atoms with Gasteiger partial charge in [0, 0.05) is 12.8 Å². The second kappa shape index (κ2) is 9.53. The number of hydrogen-bond acceptors (Lipinski definition) is 3. The van der Waals surface area contributed by atoms with E-state index in [1.807, 2.05) is 35.8 Å². The summed E-state index contributed by atoms with van der Waals surface area (Å²) in [4.78, 5) is 28.8. The van der Waals surface area contributed by atoms with E-state index in [1.54, 1.807) is 0 Å². The second-order valence-electron chi connectivity index (χ2n) is 7.45. The van der Waals surface area contributed by atoms with Gasteiger partial charge >= 0.3 is 0 Å². The maximum Gasteiger partial charge on any atom is 0.258 e. The first-order chi connectivity index (χ1) is 13.2. The Labute approximate surface area is 160 Å². The van der Waals surface area contributed by atoms with E-state index in [4.69, 9.17) is 0 Å². The molecule has 146 valence electrons. The van der Waals surface area contributed by atoms with Gasteiger partial charge in [-0.3, -0.25) is 20.4 Å². The van der Waals surface area contributed by atoms with E-state index in [2.05, 4.69) is 15.8 Å². The minimum Gasteiger partial charge on any atom is -0.318 e. The third-order valence-electron chi connectivity index (χ3n) is 5.43. The van der Waals surface area contributed by atoms with Crippen molar-refractivity contribution < 1.29 is 9.59 Å². The van der Waals surface area contributed by atoms with Gasteiger partial charge in [-0.2, -0.15) is 0 Å². The number of hydrogen-bond donors (Lipinski definition) is 2. The Morgan fingerprint density at radius 1 is 1.11 bits per heavy atom. The number of para-hydroxylation sites is 2. The maximum absolute atomic E-state index is 12.3. The summed E-state index contributed by atoms with van der Waals surface area (Å²) in [5, 5.41) is 0. The van der Waals surface area contributed by atoms with Crippen LogP contribution in [0, 0.1) is 5.92 Å². The van der Waals surface area contributed by atoms with Gasteiger partial charge in [0.05, 0.1) is 11.0 Å². The summed E-state index contributed by atoms with van der Waals surface area (Å²) in [5.74, 6) is 1.28. The molecule has 1 aliphatic rings. The van der Waals surface area contributed by atoms with Crippen LogP contribution in [0.25, 0.3) is 11.0 Å². The Morgan fingerprint density at radius 2 is 1.85 bits per heavy atom. The van der Waals surface area contributed by atoms with E-state index in [0.29, 0.717) is 6.42 Å². The molecule has 0 atom stereocenters. The molecule has 0 aliphatic heterocycles. The molecule has 1 fully saturated rings. The fourth-order valence-electron chi connectivity index (χ4n) is 3.98. The van der Waals surface area contributed by atoms with Gasteiger partial charge in [0.2, 0.25) is 5.91 Å². The summed E-state index contributed by atoms with van der Waals surface area (Å²) in [6, 6.07) is 7.77. The maximum atomic E-state index is 12.3. The number of rotatable bonds is 7. The molecule has 2 N–H and O–H groups in total. The van der Waals surface area contributed by atoms with E-state index in [1.165, 1.54) is 32.1 Å². The zero-order valence-corrected chi connectivity index (χ0v) is 16.2. The van der Waals surface area contributed by atoms with Crippen LogP contribution in [0.5, 0.6) is 0 Å². The Bertz CT molecular complexity index is 778. The van der Waals surface area contributed by atoms with E-state index < -0.39 is 0 Å². The van der Waals surface area contributed by atoms with Gasteiger partial charge in [-0.1, -0.05) is 51.2 Å². The van der Waals surface area contributed by atoms with Gasteiger partial charge in [-0.25, -0.2) is 4.98 Å². The number of hydrazine groups is 1. The van der Waals surface area contributed by atoms with Crippen molar-refractivity contribution in [3.8, 4) is 0 Å². The topological polar surface area (TPSA) is 76.0 Å². The molecule has 1 aliphatic carbocycles. The second-order valence-corrected chi connectivity index (χ2v) is 7.45. The minimum atomic E-state index is -0.242. The number of carbonyl (C=O) groups is 2. The van der Waals surface area contributed by atoms with Gasteiger partial charge in [0.1, 0.15) is 12.4 Å². The molecule has 2 amide bonds. The number of carbonyl (C=O) groups excluding carboxylic acids is 2. The lowest BCUT2D eigenvalue weighted by Gasteiger charge is -2.21. The molecular weight excluding hydrogens is 340 g/mol. The lowest BCUT2D eigenvalue weighted by atomic mass is 9.86. The van der Waals surface area contributed by atoms with Crippen molar-refractivity contribution >= 4 is 22.8 Å². The molecule has 0 radical (unpaired) electrons. The van der Waals surface area contributed by atoms with E-state index in [9.17, 15) is 9.59 Å². The highest BCUT2D eigenvalue weighted by molar-refractivity contribution is 5.83. The van der Waals surface area contributed by atoms with Crippen LogP contribution >= 0.6 is 0 Å². The van der Waals surface area contributed by atoms with Crippen molar-refractivity contribution in [2.24, 2.45) is 5.92 Å². The highest BCUT2D eigenvalue weighted by Gasteiger charge is 2.15. The lowest BCUT2D eigenvalue weighted by molar-refractivity contribution is -0.129. The monoisotopic (exact) mass is 370 g/mol. The Hall–Kier alpha value is -2.37. The van der Waals surface area contributed by atoms with Crippen molar-refractivity contribution in [2.45, 2.75) is 71.3 Å². The number of amides is 2. The Morgan fingerprint density at radius 3 is 2.63 bits per heavy atom. The summed E-state index contributed by atoms with van der Waals surface area (Å²) in [6.45, 7) is 2.16. The predicted octanol–water partition coefficient (Wildman–Crippen LogP) is 3.50. The zero-order valence-electron chi connectivity index (χ0n) is 16.2. The SMILES string of the molecule is CCc1nc2ccccc2n1CC(=O)NNC(=O)CCCC1CCCCC1. The third kappa shape index (κ3) is 5.31. The number of nitrogens with one attached hydrogen (secondary N) is 2. The van der Waals surface area contributed by atoms with Gasteiger partial charge in [-0.15, -0.1) is 0 Å². The molecule has 0 unspecified atom stereocenters. The number of aromatic nitrogens is 2. The van der Waals surface area contributed by atoms with Crippen LogP contribution in [0.15, 0.2) is 24.3 Å². The molecule has 3 rings (SSSR count). The first-order valence-corrected chi connectivity index (χ1v) is 10.2. The molecule has 6 nitrogen and oxygen atoms in total. The van der Waals surface area contributed by atoms with Crippen molar-refractivity contribution in [3.05, 3.63) is 30.1 Å². The molecule has 1 aromatic carbocycles. The Kier molecular flexibility index (Phi) is 6.85. The van der Waals surface area contributed by atoms with E-state index in [-0.39, 0.29) is 18.4 Å². The predicted molar refractivity (Wildman–Crippen MR) is 106 cm³/mol. The Balaban J connectivity index is 1.43. The van der Waals surface area contributed by atoms with Crippen LogP contribution in [-0.2, 0) is 22.6 Å². The number of aryl methyl sites for hydroxylation is 1. The fourth-order valence-corrected chi connectivity index (χ4v) is 3.98. The summed E-state index contributed by atoms with van der Waals surface area (Å²) < 4.78 is 1.90. The molecular formula is C21H30N4O2. The van der Waals surface area contributed by atoms with Crippen molar-refractivity contribution in [1.82, 2.24) is 20.4 Å². The molecule has 27 heavy (non-hydrogen) atoms. The van der Waals surface area contributed by atoms with Crippen LogP contribution in [0.4, 0.5) is 0 Å². The average Bonchev–Trinajstić information content (AvgIpc) is 3.05. The fraction of sp³-hybridized carbons (Fsp3) is 0.571. The quantitative estimate of drug-likeness (QED) is 0.733. The molecule has 0 spiro atoms. The van der Waals surface area contributed by atoms with Crippen LogP contribution in [0.1, 0.15) is 64.1 Å². The number of benzene rings is 1. The zero-order chi connectivity index (χ0) is 19.1. The van der Waals surface area contributed by atoms with Gasteiger partial charge in [-0.05, 0) is 30.9 Å². The summed E-state index contributed by atoms with van der Waals surface area (Å²) in [7, 11) is 0. The van der Waals surface area contributed by atoms with Crippen molar-refractivity contribution in [1.29, 1.82) is 0 Å². The lowest BCUT2D eigenvalue weighted by Crippen LogP contribution is -2.43. The van der Waals surface area contributed by atoms with E-state index >= 15 is 0 Å². The highest BCUT2D eigenvalue weighted by atomic mass is 16.2. The van der Waals surface area contributed by atoms with Gasteiger partial charge in [0.15, 0.2) is 0 Å². The van der Waals surface area contributed by atoms with Crippen LogP contribution in [-0.4, -0.2) is 21.4 Å². The van der Waals surface area contributed by atoms with Crippen molar-refractivity contribution in [2.75, 3.05) is 0 Å². The first kappa shape index (κ1) is 19.4. The van der Waals surface area contributed by atoms with Crippen LogP contribution < -0.4 is 10.9 Å². The number of nitrogens with zero attached hydrogens (tertiary/aromatic N) is 2. The molecule has 0 bridgehead atoms. The van der Waals surface area contributed by atoms with Crippen LogP contribution in [0.3, 0.4) is 0 Å². The number of fused-ring (bicyclic) bond motifs is 1. The summed E-state index contributed by atoms with van der Waals surface area (Å²) >= 11 is 0.